The molecule has 3 nitrogen and oxygen atoms in total. The highest BCUT2D eigenvalue weighted by atomic mass is 19.1. The fourth-order valence-electron chi connectivity index (χ4n) is 2.28. The summed E-state index contributed by atoms with van der Waals surface area (Å²) in [5.41, 5.74) is 1.01. The molecule has 20 heavy (non-hydrogen) atoms. The van der Waals surface area contributed by atoms with Gasteiger partial charge in [0.05, 0.1) is 5.69 Å². The summed E-state index contributed by atoms with van der Waals surface area (Å²) in [5.74, 6) is -2.16. The molecule has 0 saturated heterocycles. The highest BCUT2D eigenvalue weighted by molar-refractivity contribution is 5.95. The second-order valence-electron chi connectivity index (χ2n) is 4.82. The zero-order chi connectivity index (χ0) is 14.1. The molecule has 102 valence electrons. The minimum absolute atomic E-state index is 0.0879. The summed E-state index contributed by atoms with van der Waals surface area (Å²) in [4.78, 5) is 15.0. The Hall–Kier alpha value is -2.30. The number of carbonyl (C=O) groups is 1. The van der Waals surface area contributed by atoms with Crippen molar-refractivity contribution in [2.24, 2.45) is 5.92 Å². The number of halogens is 2. The van der Waals surface area contributed by atoms with Crippen molar-refractivity contribution in [2.75, 3.05) is 5.32 Å². The van der Waals surface area contributed by atoms with Crippen molar-refractivity contribution in [3.05, 3.63) is 59.9 Å². The molecule has 1 aromatic carbocycles. The minimum atomic E-state index is -1.00. The summed E-state index contributed by atoms with van der Waals surface area (Å²) in [6, 6.07) is 11.9. The number of anilines is 1. The van der Waals surface area contributed by atoms with E-state index in [1.54, 1.807) is 0 Å². The first kappa shape index (κ1) is 12.7. The number of benzene rings is 1. The van der Waals surface area contributed by atoms with E-state index >= 15 is 0 Å². The van der Waals surface area contributed by atoms with Crippen LogP contribution in [0.5, 0.6) is 0 Å². The molecule has 1 amide bonds. The van der Waals surface area contributed by atoms with Crippen LogP contribution in [-0.4, -0.2) is 10.9 Å². The standard InChI is InChI=1S/C15H12F2N2O/c16-13-7-6-12(14(17)19-13)18-15(20)11-8-10(11)9-4-2-1-3-5-9/h1-7,10-11H,8H2,(H,18,20). The van der Waals surface area contributed by atoms with Gasteiger partial charge in [0.25, 0.3) is 0 Å². The zero-order valence-electron chi connectivity index (χ0n) is 10.5. The number of rotatable bonds is 3. The van der Waals surface area contributed by atoms with Gasteiger partial charge in [0.1, 0.15) is 0 Å². The van der Waals surface area contributed by atoms with E-state index < -0.39 is 11.9 Å². The van der Waals surface area contributed by atoms with Gasteiger partial charge < -0.3 is 5.32 Å². The van der Waals surface area contributed by atoms with Crippen LogP contribution in [0.4, 0.5) is 14.5 Å². The summed E-state index contributed by atoms with van der Waals surface area (Å²) in [6.07, 6.45) is 0.742. The smallest absolute Gasteiger partial charge is 0.239 e. The van der Waals surface area contributed by atoms with Crippen LogP contribution in [0, 0.1) is 17.8 Å². The van der Waals surface area contributed by atoms with Gasteiger partial charge in [-0.1, -0.05) is 30.3 Å². The first-order chi connectivity index (χ1) is 9.65. The molecule has 1 saturated carbocycles. The topological polar surface area (TPSA) is 42.0 Å². The van der Waals surface area contributed by atoms with Crippen molar-refractivity contribution in [1.29, 1.82) is 0 Å². The maximum absolute atomic E-state index is 13.3. The van der Waals surface area contributed by atoms with Gasteiger partial charge in [-0.3, -0.25) is 4.79 Å². The first-order valence-corrected chi connectivity index (χ1v) is 6.33. The van der Waals surface area contributed by atoms with Gasteiger partial charge in [-0.05, 0) is 30.0 Å². The van der Waals surface area contributed by atoms with Crippen LogP contribution in [0.2, 0.25) is 0 Å². The van der Waals surface area contributed by atoms with Crippen LogP contribution in [0.1, 0.15) is 17.9 Å². The van der Waals surface area contributed by atoms with Gasteiger partial charge in [0.15, 0.2) is 0 Å². The molecule has 1 heterocycles. The van der Waals surface area contributed by atoms with Gasteiger partial charge in [0.2, 0.25) is 17.8 Å². The average Bonchev–Trinajstić information content (AvgIpc) is 3.23. The van der Waals surface area contributed by atoms with E-state index in [9.17, 15) is 13.6 Å². The minimum Gasteiger partial charge on any atom is -0.322 e. The fraction of sp³-hybridized carbons (Fsp3) is 0.200. The van der Waals surface area contributed by atoms with Gasteiger partial charge in [-0.2, -0.15) is 13.8 Å². The molecule has 2 unspecified atom stereocenters. The van der Waals surface area contributed by atoms with Gasteiger partial charge >= 0.3 is 0 Å². The lowest BCUT2D eigenvalue weighted by Gasteiger charge is -2.05. The predicted molar refractivity (Wildman–Crippen MR) is 70.1 cm³/mol. The van der Waals surface area contributed by atoms with Crippen LogP contribution in [0.15, 0.2) is 42.5 Å². The quantitative estimate of drug-likeness (QED) is 0.874. The first-order valence-electron chi connectivity index (χ1n) is 6.33. The Morgan fingerprint density at radius 1 is 1.15 bits per heavy atom. The summed E-state index contributed by atoms with van der Waals surface area (Å²) >= 11 is 0. The molecular formula is C15H12F2N2O. The van der Waals surface area contributed by atoms with E-state index in [0.29, 0.717) is 0 Å². The van der Waals surface area contributed by atoms with Crippen LogP contribution in [0.25, 0.3) is 0 Å². The molecule has 0 spiro atoms. The molecule has 2 aromatic rings. The number of amides is 1. The molecule has 1 aromatic heterocycles. The number of hydrogen-bond donors (Lipinski definition) is 1. The van der Waals surface area contributed by atoms with E-state index in [2.05, 4.69) is 10.3 Å². The molecule has 5 heteroatoms. The maximum atomic E-state index is 13.3. The lowest BCUT2D eigenvalue weighted by Crippen LogP contribution is -2.16. The Kier molecular flexibility index (Phi) is 3.18. The number of hydrogen-bond acceptors (Lipinski definition) is 2. The largest absolute Gasteiger partial charge is 0.322 e. The number of pyridine rings is 1. The maximum Gasteiger partial charge on any atom is 0.239 e. The Bertz CT molecular complexity index is 646. The second kappa shape index (κ2) is 5.00. The molecule has 1 fully saturated rings. The summed E-state index contributed by atoms with van der Waals surface area (Å²) < 4.78 is 26.0. The van der Waals surface area contributed by atoms with E-state index in [1.807, 2.05) is 30.3 Å². The third kappa shape index (κ3) is 2.52. The van der Waals surface area contributed by atoms with Crippen molar-refractivity contribution in [3.63, 3.8) is 0 Å². The lowest BCUT2D eigenvalue weighted by molar-refractivity contribution is -0.117. The van der Waals surface area contributed by atoms with E-state index in [0.717, 1.165) is 18.1 Å². The third-order valence-electron chi connectivity index (χ3n) is 3.43. The monoisotopic (exact) mass is 274 g/mol. The lowest BCUT2D eigenvalue weighted by atomic mass is 10.1. The average molecular weight is 274 g/mol. The molecule has 3 rings (SSSR count). The van der Waals surface area contributed by atoms with Crippen molar-refractivity contribution in [1.82, 2.24) is 4.98 Å². The highest BCUT2D eigenvalue weighted by Gasteiger charge is 2.43. The SMILES string of the molecule is O=C(Nc1ccc(F)nc1F)C1CC1c1ccccc1. The molecular weight excluding hydrogens is 262 g/mol. The molecule has 0 bridgehead atoms. The van der Waals surface area contributed by atoms with Crippen molar-refractivity contribution < 1.29 is 13.6 Å². The van der Waals surface area contributed by atoms with E-state index in [1.165, 1.54) is 6.07 Å². The fourth-order valence-corrected chi connectivity index (χ4v) is 2.28. The zero-order valence-corrected chi connectivity index (χ0v) is 10.5. The molecule has 1 aliphatic rings. The Morgan fingerprint density at radius 2 is 1.90 bits per heavy atom. The summed E-state index contributed by atoms with van der Waals surface area (Å²) in [6.45, 7) is 0. The van der Waals surface area contributed by atoms with Crippen molar-refractivity contribution >= 4 is 11.6 Å². The van der Waals surface area contributed by atoms with Crippen LogP contribution in [-0.2, 0) is 4.79 Å². The van der Waals surface area contributed by atoms with Crippen molar-refractivity contribution in [2.45, 2.75) is 12.3 Å². The van der Waals surface area contributed by atoms with Crippen LogP contribution < -0.4 is 5.32 Å². The number of nitrogens with one attached hydrogen (secondary N) is 1. The molecule has 0 radical (unpaired) electrons. The number of aromatic nitrogens is 1. The Morgan fingerprint density at radius 3 is 2.60 bits per heavy atom. The van der Waals surface area contributed by atoms with E-state index in [4.69, 9.17) is 0 Å². The highest BCUT2D eigenvalue weighted by Crippen LogP contribution is 2.47. The van der Waals surface area contributed by atoms with Crippen LogP contribution in [0.3, 0.4) is 0 Å². The number of nitrogens with zero attached hydrogens (tertiary/aromatic N) is 1. The van der Waals surface area contributed by atoms with Crippen LogP contribution >= 0.6 is 0 Å². The molecule has 1 N–H and O–H groups in total. The summed E-state index contributed by atoms with van der Waals surface area (Å²) in [7, 11) is 0. The van der Waals surface area contributed by atoms with Gasteiger partial charge in [0, 0.05) is 5.92 Å². The molecule has 2 atom stereocenters. The van der Waals surface area contributed by atoms with Gasteiger partial charge in [-0.25, -0.2) is 0 Å². The van der Waals surface area contributed by atoms with Crippen molar-refractivity contribution in [3.8, 4) is 0 Å². The number of carbonyl (C=O) groups excluding carboxylic acids is 1. The third-order valence-corrected chi connectivity index (χ3v) is 3.43. The molecule has 1 aliphatic carbocycles. The normalized spacial score (nSPS) is 20.5. The Balaban J connectivity index is 1.67. The predicted octanol–water partition coefficient (Wildman–Crippen LogP) is 3.10. The molecule has 0 aliphatic heterocycles. The Labute approximate surface area is 114 Å². The second-order valence-corrected chi connectivity index (χ2v) is 4.82. The van der Waals surface area contributed by atoms with Gasteiger partial charge in [-0.15, -0.1) is 0 Å². The van der Waals surface area contributed by atoms with E-state index in [-0.39, 0.29) is 23.4 Å². The summed E-state index contributed by atoms with van der Waals surface area (Å²) in [5, 5.41) is 2.46.